The molecule has 0 aliphatic carbocycles. The topological polar surface area (TPSA) is 83.8 Å². The predicted molar refractivity (Wildman–Crippen MR) is 57.7 cm³/mol. The first-order valence-corrected chi connectivity index (χ1v) is 5.02. The van der Waals surface area contributed by atoms with Crippen molar-refractivity contribution >= 4 is 5.84 Å². The van der Waals surface area contributed by atoms with Crippen molar-refractivity contribution in [3.05, 3.63) is 24.2 Å². The Balaban J connectivity index is 1.94. The zero-order valence-corrected chi connectivity index (χ0v) is 8.65. The molecule has 4 N–H and O–H groups in total. The Morgan fingerprint density at radius 3 is 3.07 bits per heavy atom. The molecule has 1 aromatic rings. The van der Waals surface area contributed by atoms with Crippen LogP contribution in [-0.4, -0.2) is 17.6 Å². The van der Waals surface area contributed by atoms with Crippen molar-refractivity contribution in [2.24, 2.45) is 10.9 Å². The molecule has 1 heterocycles. The highest BCUT2D eigenvalue weighted by molar-refractivity contribution is 5.79. The van der Waals surface area contributed by atoms with Gasteiger partial charge in [0.2, 0.25) is 0 Å². The first-order valence-electron chi connectivity index (χ1n) is 5.02. The zero-order chi connectivity index (χ0) is 10.9. The average Bonchev–Trinajstić information content (AvgIpc) is 2.75. The van der Waals surface area contributed by atoms with Crippen LogP contribution in [0.5, 0.6) is 0 Å². The van der Waals surface area contributed by atoms with Gasteiger partial charge >= 0.3 is 0 Å². The lowest BCUT2D eigenvalue weighted by molar-refractivity contribution is 0.316. The van der Waals surface area contributed by atoms with Crippen LogP contribution in [0.2, 0.25) is 0 Å². The number of nitrogens with zero attached hydrogens (tertiary/aromatic N) is 1. The second kappa shape index (κ2) is 6.89. The lowest BCUT2D eigenvalue weighted by Crippen LogP contribution is -2.16. The highest BCUT2D eigenvalue weighted by Crippen LogP contribution is 1.99. The Labute approximate surface area is 88.9 Å². The van der Waals surface area contributed by atoms with Gasteiger partial charge in [0.15, 0.2) is 0 Å². The van der Waals surface area contributed by atoms with Crippen LogP contribution >= 0.6 is 0 Å². The van der Waals surface area contributed by atoms with Crippen LogP contribution in [0.1, 0.15) is 25.0 Å². The Kier molecular flexibility index (Phi) is 5.32. The number of rotatable bonds is 7. The third kappa shape index (κ3) is 5.07. The fourth-order valence-corrected chi connectivity index (χ4v) is 1.23. The van der Waals surface area contributed by atoms with E-state index in [-0.39, 0.29) is 0 Å². The maximum absolute atomic E-state index is 8.30. The van der Waals surface area contributed by atoms with Gasteiger partial charge in [0.05, 0.1) is 12.8 Å². The first-order chi connectivity index (χ1) is 7.33. The SMILES string of the molecule is NC(CCCCNCc1ccco1)=NO. The van der Waals surface area contributed by atoms with Crippen molar-refractivity contribution in [1.82, 2.24) is 5.32 Å². The minimum Gasteiger partial charge on any atom is -0.468 e. The Morgan fingerprint density at radius 1 is 1.53 bits per heavy atom. The minimum atomic E-state index is 0.293. The third-order valence-corrected chi connectivity index (χ3v) is 2.04. The van der Waals surface area contributed by atoms with E-state index in [4.69, 9.17) is 15.4 Å². The molecule has 0 saturated carbocycles. The highest BCUT2D eigenvalue weighted by Gasteiger charge is 1.95. The Bertz CT molecular complexity index is 283. The van der Waals surface area contributed by atoms with E-state index in [2.05, 4.69) is 10.5 Å². The van der Waals surface area contributed by atoms with Gasteiger partial charge in [-0.2, -0.15) is 0 Å². The smallest absolute Gasteiger partial charge is 0.139 e. The van der Waals surface area contributed by atoms with Gasteiger partial charge < -0.3 is 20.7 Å². The summed E-state index contributed by atoms with van der Waals surface area (Å²) in [6.45, 7) is 1.65. The highest BCUT2D eigenvalue weighted by atomic mass is 16.4. The van der Waals surface area contributed by atoms with Crippen LogP contribution in [0.4, 0.5) is 0 Å². The fraction of sp³-hybridized carbons (Fsp3) is 0.500. The van der Waals surface area contributed by atoms with Crippen LogP contribution in [0.15, 0.2) is 28.0 Å². The molecule has 5 nitrogen and oxygen atoms in total. The normalized spacial score (nSPS) is 11.9. The maximum atomic E-state index is 8.30. The van der Waals surface area contributed by atoms with Gasteiger partial charge in [-0.25, -0.2) is 0 Å². The first kappa shape index (κ1) is 11.6. The lowest BCUT2D eigenvalue weighted by Gasteiger charge is -2.02. The zero-order valence-electron chi connectivity index (χ0n) is 8.65. The number of hydrogen-bond acceptors (Lipinski definition) is 4. The number of nitrogens with two attached hydrogens (primary N) is 1. The lowest BCUT2D eigenvalue weighted by atomic mass is 10.2. The van der Waals surface area contributed by atoms with Crippen LogP contribution in [0.3, 0.4) is 0 Å². The summed E-state index contributed by atoms with van der Waals surface area (Å²) in [4.78, 5) is 0. The molecule has 0 radical (unpaired) electrons. The Hall–Kier alpha value is -1.49. The summed E-state index contributed by atoms with van der Waals surface area (Å²) in [6.07, 6.45) is 4.21. The van der Waals surface area contributed by atoms with E-state index in [1.807, 2.05) is 12.1 Å². The molecule has 0 aliphatic rings. The number of nitrogens with one attached hydrogen (secondary N) is 1. The molecule has 84 valence electrons. The van der Waals surface area contributed by atoms with Gasteiger partial charge in [-0.15, -0.1) is 0 Å². The van der Waals surface area contributed by atoms with Crippen molar-refractivity contribution in [3.63, 3.8) is 0 Å². The summed E-state index contributed by atoms with van der Waals surface area (Å²) in [6, 6.07) is 3.80. The monoisotopic (exact) mass is 211 g/mol. The molecule has 0 aromatic carbocycles. The van der Waals surface area contributed by atoms with Crippen molar-refractivity contribution in [2.75, 3.05) is 6.54 Å². The molecule has 0 fully saturated rings. The van der Waals surface area contributed by atoms with Crippen LogP contribution in [0, 0.1) is 0 Å². The second-order valence-corrected chi connectivity index (χ2v) is 3.30. The predicted octanol–water partition coefficient (Wildman–Crippen LogP) is 1.29. The quantitative estimate of drug-likeness (QED) is 0.208. The summed E-state index contributed by atoms with van der Waals surface area (Å²) in [5.41, 5.74) is 5.33. The van der Waals surface area contributed by atoms with Gasteiger partial charge in [-0.3, -0.25) is 0 Å². The number of amidine groups is 1. The molecule has 0 amide bonds. The molecule has 5 heteroatoms. The van der Waals surface area contributed by atoms with Gasteiger partial charge in [0, 0.05) is 6.42 Å². The number of unbranched alkanes of at least 4 members (excludes halogenated alkanes) is 1. The van der Waals surface area contributed by atoms with Crippen LogP contribution in [-0.2, 0) is 6.54 Å². The third-order valence-electron chi connectivity index (χ3n) is 2.04. The van der Waals surface area contributed by atoms with Crippen molar-refractivity contribution in [3.8, 4) is 0 Å². The average molecular weight is 211 g/mol. The van der Waals surface area contributed by atoms with E-state index < -0.39 is 0 Å². The summed E-state index contributed by atoms with van der Waals surface area (Å²) in [5, 5.41) is 14.4. The summed E-state index contributed by atoms with van der Waals surface area (Å²) in [7, 11) is 0. The van der Waals surface area contributed by atoms with E-state index in [9.17, 15) is 0 Å². The molecule has 0 unspecified atom stereocenters. The molecule has 0 atom stereocenters. The molecule has 0 saturated heterocycles. The maximum Gasteiger partial charge on any atom is 0.139 e. The van der Waals surface area contributed by atoms with Crippen molar-refractivity contribution in [2.45, 2.75) is 25.8 Å². The van der Waals surface area contributed by atoms with Crippen molar-refractivity contribution < 1.29 is 9.62 Å². The summed E-state index contributed by atoms with van der Waals surface area (Å²) < 4.78 is 5.16. The molecule has 1 rings (SSSR count). The molecule has 0 spiro atoms. The number of oxime groups is 1. The standard InChI is InChI=1S/C10H17N3O2/c11-10(13-14)5-1-2-6-12-8-9-4-3-7-15-9/h3-4,7,12,14H,1-2,5-6,8H2,(H2,11,13). The Morgan fingerprint density at radius 2 is 2.40 bits per heavy atom. The number of furan rings is 1. The molecule has 15 heavy (non-hydrogen) atoms. The van der Waals surface area contributed by atoms with E-state index in [0.717, 1.165) is 31.7 Å². The van der Waals surface area contributed by atoms with E-state index >= 15 is 0 Å². The van der Waals surface area contributed by atoms with Gasteiger partial charge in [0.25, 0.3) is 0 Å². The minimum absolute atomic E-state index is 0.293. The molecular weight excluding hydrogens is 194 g/mol. The second-order valence-electron chi connectivity index (χ2n) is 3.30. The van der Waals surface area contributed by atoms with Gasteiger partial charge in [0.1, 0.15) is 11.6 Å². The van der Waals surface area contributed by atoms with Gasteiger partial charge in [-0.1, -0.05) is 5.16 Å². The van der Waals surface area contributed by atoms with Crippen LogP contribution in [0.25, 0.3) is 0 Å². The molecular formula is C10H17N3O2. The molecule has 0 bridgehead atoms. The summed E-state index contributed by atoms with van der Waals surface area (Å²) in [5.74, 6) is 1.23. The van der Waals surface area contributed by atoms with Crippen molar-refractivity contribution in [1.29, 1.82) is 0 Å². The van der Waals surface area contributed by atoms with E-state index in [1.54, 1.807) is 6.26 Å². The largest absolute Gasteiger partial charge is 0.468 e. The molecule has 0 aliphatic heterocycles. The van der Waals surface area contributed by atoms with E-state index in [0.29, 0.717) is 12.3 Å². The summed E-state index contributed by atoms with van der Waals surface area (Å²) >= 11 is 0. The number of hydrogen-bond donors (Lipinski definition) is 3. The van der Waals surface area contributed by atoms with Gasteiger partial charge in [-0.05, 0) is 31.5 Å². The van der Waals surface area contributed by atoms with Crippen LogP contribution < -0.4 is 11.1 Å². The van der Waals surface area contributed by atoms with E-state index in [1.165, 1.54) is 0 Å². The fourth-order valence-electron chi connectivity index (χ4n) is 1.23. The molecule has 1 aromatic heterocycles.